The molecule has 27 heavy (non-hydrogen) atoms. The van der Waals surface area contributed by atoms with Crippen LogP contribution >= 0.6 is 0 Å². The molecule has 8 nitrogen and oxygen atoms in total. The third kappa shape index (κ3) is 5.80. The Hall–Kier alpha value is -2.38. The molecule has 1 aromatic heterocycles. The van der Waals surface area contributed by atoms with Crippen molar-refractivity contribution in [1.29, 1.82) is 0 Å². The summed E-state index contributed by atoms with van der Waals surface area (Å²) in [4.78, 5) is 35.1. The van der Waals surface area contributed by atoms with Gasteiger partial charge in [0.05, 0.1) is 6.54 Å². The van der Waals surface area contributed by atoms with Crippen molar-refractivity contribution in [3.8, 4) is 0 Å². The molecule has 8 heteroatoms. The maximum absolute atomic E-state index is 12.8. The number of nitrogens with two attached hydrogens (primary N) is 1. The van der Waals surface area contributed by atoms with Crippen molar-refractivity contribution in [2.45, 2.75) is 59.6 Å². The Labute approximate surface area is 160 Å². The molecule has 1 aliphatic heterocycles. The molecule has 0 aromatic carbocycles. The van der Waals surface area contributed by atoms with Crippen LogP contribution in [0.5, 0.6) is 0 Å². The highest BCUT2D eigenvalue weighted by atomic mass is 16.6. The average molecular weight is 377 g/mol. The first-order valence-corrected chi connectivity index (χ1v) is 9.32. The van der Waals surface area contributed by atoms with Crippen molar-refractivity contribution in [1.82, 2.24) is 20.2 Å². The SMILES string of the molecule is CC(C)(C)OC(=O)N1CCCC(C(C)(C)C(=O)NCc2nccc(N)n2)C1. The molecule has 2 amide bonds. The summed E-state index contributed by atoms with van der Waals surface area (Å²) in [6.45, 7) is 10.7. The average Bonchev–Trinajstić information content (AvgIpc) is 2.58. The van der Waals surface area contributed by atoms with E-state index in [4.69, 9.17) is 10.5 Å². The van der Waals surface area contributed by atoms with E-state index >= 15 is 0 Å². The number of amides is 2. The lowest BCUT2D eigenvalue weighted by Gasteiger charge is -2.40. The summed E-state index contributed by atoms with van der Waals surface area (Å²) in [5, 5.41) is 2.89. The van der Waals surface area contributed by atoms with E-state index in [0.717, 1.165) is 12.8 Å². The fraction of sp³-hybridized carbons (Fsp3) is 0.684. The quantitative estimate of drug-likeness (QED) is 0.833. The van der Waals surface area contributed by atoms with Crippen LogP contribution in [0.1, 0.15) is 53.3 Å². The van der Waals surface area contributed by atoms with E-state index in [0.29, 0.717) is 24.7 Å². The minimum Gasteiger partial charge on any atom is -0.444 e. The van der Waals surface area contributed by atoms with E-state index in [1.54, 1.807) is 17.2 Å². The Morgan fingerprint density at radius 2 is 2.04 bits per heavy atom. The van der Waals surface area contributed by atoms with Crippen molar-refractivity contribution in [3.05, 3.63) is 18.1 Å². The van der Waals surface area contributed by atoms with Gasteiger partial charge in [0, 0.05) is 24.7 Å². The first-order chi connectivity index (χ1) is 12.5. The van der Waals surface area contributed by atoms with Gasteiger partial charge in [-0.2, -0.15) is 0 Å². The predicted molar refractivity (Wildman–Crippen MR) is 103 cm³/mol. The number of piperidine rings is 1. The summed E-state index contributed by atoms with van der Waals surface area (Å²) in [6.07, 6.45) is 2.97. The summed E-state index contributed by atoms with van der Waals surface area (Å²) in [6, 6.07) is 1.60. The monoisotopic (exact) mass is 377 g/mol. The zero-order chi connectivity index (χ0) is 20.2. The van der Waals surface area contributed by atoms with Gasteiger partial charge in [0.25, 0.3) is 0 Å². The number of aromatic nitrogens is 2. The molecule has 1 aromatic rings. The molecular weight excluding hydrogens is 346 g/mol. The molecule has 0 spiro atoms. The van der Waals surface area contributed by atoms with Gasteiger partial charge >= 0.3 is 6.09 Å². The normalized spacial score (nSPS) is 18.1. The number of likely N-dealkylation sites (tertiary alicyclic amines) is 1. The molecule has 0 radical (unpaired) electrons. The third-order valence-electron chi connectivity index (χ3n) is 4.81. The Morgan fingerprint density at radius 1 is 1.33 bits per heavy atom. The van der Waals surface area contributed by atoms with Crippen molar-refractivity contribution in [2.75, 3.05) is 18.8 Å². The van der Waals surface area contributed by atoms with Crippen LogP contribution in [-0.4, -0.2) is 45.6 Å². The molecule has 1 atom stereocenters. The van der Waals surface area contributed by atoms with E-state index in [1.807, 2.05) is 34.6 Å². The summed E-state index contributed by atoms with van der Waals surface area (Å²) in [7, 11) is 0. The van der Waals surface area contributed by atoms with Crippen LogP contribution in [0.4, 0.5) is 10.6 Å². The van der Waals surface area contributed by atoms with Gasteiger partial charge < -0.3 is 20.7 Å². The van der Waals surface area contributed by atoms with Gasteiger partial charge in [0.15, 0.2) is 0 Å². The molecule has 3 N–H and O–H groups in total. The summed E-state index contributed by atoms with van der Waals surface area (Å²) in [5.74, 6) is 0.789. The van der Waals surface area contributed by atoms with Gasteiger partial charge in [-0.3, -0.25) is 4.79 Å². The number of nitrogens with one attached hydrogen (secondary N) is 1. The second kappa shape index (κ2) is 8.10. The molecule has 2 rings (SSSR count). The molecule has 1 aliphatic rings. The Morgan fingerprint density at radius 3 is 2.67 bits per heavy atom. The highest BCUT2D eigenvalue weighted by Gasteiger charge is 2.40. The molecule has 150 valence electrons. The first-order valence-electron chi connectivity index (χ1n) is 9.32. The maximum Gasteiger partial charge on any atom is 0.410 e. The molecule has 1 saturated heterocycles. The van der Waals surface area contributed by atoms with Gasteiger partial charge in [0.2, 0.25) is 5.91 Å². The fourth-order valence-corrected chi connectivity index (χ4v) is 3.13. The van der Waals surface area contributed by atoms with Crippen molar-refractivity contribution in [2.24, 2.45) is 11.3 Å². The number of hydrogen-bond donors (Lipinski definition) is 2. The van der Waals surface area contributed by atoms with Gasteiger partial charge in [-0.1, -0.05) is 13.8 Å². The van der Waals surface area contributed by atoms with Gasteiger partial charge in [-0.05, 0) is 45.6 Å². The smallest absolute Gasteiger partial charge is 0.410 e. The molecule has 0 aliphatic carbocycles. The number of nitrogens with zero attached hydrogens (tertiary/aromatic N) is 3. The summed E-state index contributed by atoms with van der Waals surface area (Å²) < 4.78 is 5.47. The van der Waals surface area contributed by atoms with Crippen LogP contribution in [0.15, 0.2) is 12.3 Å². The van der Waals surface area contributed by atoms with Crippen LogP contribution in [0.25, 0.3) is 0 Å². The van der Waals surface area contributed by atoms with Gasteiger partial charge in [-0.15, -0.1) is 0 Å². The van der Waals surface area contributed by atoms with Crippen LogP contribution < -0.4 is 11.1 Å². The highest BCUT2D eigenvalue weighted by Crippen LogP contribution is 2.34. The Kier molecular flexibility index (Phi) is 6.28. The molecular formula is C19H31N5O3. The number of carbonyl (C=O) groups is 2. The number of hydrogen-bond acceptors (Lipinski definition) is 6. The van der Waals surface area contributed by atoms with Gasteiger partial charge in [-0.25, -0.2) is 14.8 Å². The first kappa shape index (κ1) is 20.9. The lowest BCUT2D eigenvalue weighted by atomic mass is 9.74. The molecule has 1 unspecified atom stereocenters. The summed E-state index contributed by atoms with van der Waals surface area (Å²) in [5.41, 5.74) is 4.47. The van der Waals surface area contributed by atoms with Crippen LogP contribution in [0.2, 0.25) is 0 Å². The van der Waals surface area contributed by atoms with E-state index in [1.165, 1.54) is 0 Å². The minimum absolute atomic E-state index is 0.0422. The number of ether oxygens (including phenoxy) is 1. The zero-order valence-corrected chi connectivity index (χ0v) is 16.9. The molecule has 0 saturated carbocycles. The van der Waals surface area contributed by atoms with Crippen LogP contribution in [-0.2, 0) is 16.1 Å². The lowest BCUT2D eigenvalue weighted by molar-refractivity contribution is -0.133. The number of rotatable bonds is 4. The Bertz CT molecular complexity index is 684. The largest absolute Gasteiger partial charge is 0.444 e. The number of anilines is 1. The van der Waals surface area contributed by atoms with E-state index in [-0.39, 0.29) is 24.5 Å². The standard InChI is InChI=1S/C19H31N5O3/c1-18(2,3)27-17(26)24-10-6-7-13(12-24)19(4,5)16(25)22-11-15-21-9-8-14(20)23-15/h8-9,13H,6-7,10-12H2,1-5H3,(H,22,25)(H2,20,21,23). The van der Waals surface area contributed by atoms with Crippen LogP contribution in [0.3, 0.4) is 0 Å². The van der Waals surface area contributed by atoms with Crippen molar-refractivity contribution >= 4 is 17.8 Å². The third-order valence-corrected chi connectivity index (χ3v) is 4.81. The zero-order valence-electron chi connectivity index (χ0n) is 16.9. The summed E-state index contributed by atoms with van der Waals surface area (Å²) >= 11 is 0. The Balaban J connectivity index is 1.97. The van der Waals surface area contributed by atoms with E-state index in [2.05, 4.69) is 15.3 Å². The van der Waals surface area contributed by atoms with Gasteiger partial charge in [0.1, 0.15) is 17.2 Å². The number of nitrogen functional groups attached to an aromatic ring is 1. The van der Waals surface area contributed by atoms with E-state index in [9.17, 15) is 9.59 Å². The molecule has 0 bridgehead atoms. The fourth-order valence-electron chi connectivity index (χ4n) is 3.13. The number of carbonyl (C=O) groups excluding carboxylic acids is 2. The topological polar surface area (TPSA) is 110 Å². The molecule has 2 heterocycles. The minimum atomic E-state index is -0.638. The maximum atomic E-state index is 12.8. The van der Waals surface area contributed by atoms with E-state index < -0.39 is 11.0 Å². The molecule has 1 fully saturated rings. The van der Waals surface area contributed by atoms with Crippen molar-refractivity contribution < 1.29 is 14.3 Å². The highest BCUT2D eigenvalue weighted by molar-refractivity contribution is 5.82. The second-order valence-electron chi connectivity index (χ2n) is 8.57. The van der Waals surface area contributed by atoms with Crippen LogP contribution in [0, 0.1) is 11.3 Å². The second-order valence-corrected chi connectivity index (χ2v) is 8.57. The lowest BCUT2D eigenvalue weighted by Crippen LogP contribution is -2.50. The van der Waals surface area contributed by atoms with Crippen molar-refractivity contribution in [3.63, 3.8) is 0 Å². The predicted octanol–water partition coefficient (Wildman–Crippen LogP) is 2.35.